The van der Waals surface area contributed by atoms with Crippen LogP contribution in [-0.4, -0.2) is 0 Å². The van der Waals surface area contributed by atoms with Crippen LogP contribution in [0.2, 0.25) is 0 Å². The average molecular weight is 593 g/mol. The van der Waals surface area contributed by atoms with E-state index in [9.17, 15) is 0 Å². The Morgan fingerprint density at radius 1 is 1.00 bits per heavy atom. The van der Waals surface area contributed by atoms with Crippen molar-refractivity contribution in [3.63, 3.8) is 0 Å². The summed E-state index contributed by atoms with van der Waals surface area (Å²) in [5, 5.41) is 0. The lowest BCUT2D eigenvalue weighted by atomic mass is 9.82. The van der Waals surface area contributed by atoms with E-state index < -0.39 is 0 Å². The Morgan fingerprint density at radius 2 is 1.70 bits per heavy atom. The highest BCUT2D eigenvalue weighted by Crippen LogP contribution is 2.40. The van der Waals surface area contributed by atoms with Gasteiger partial charge in [0, 0.05) is 0 Å². The van der Waals surface area contributed by atoms with Crippen LogP contribution in [0.1, 0.15) is 155 Å². The lowest BCUT2D eigenvalue weighted by Crippen LogP contribution is -2.07. The van der Waals surface area contributed by atoms with E-state index in [-0.39, 0.29) is 0 Å². The first kappa shape index (κ1) is 35.9. The third-order valence-corrected chi connectivity index (χ3v) is 10.3. The van der Waals surface area contributed by atoms with E-state index in [1.807, 2.05) is 13.8 Å². The standard InChI is InChI=1S/C34H42.C8H16.C2H6/c1-6-10-31(30-17-15-29(16-18-30)28-11-8-9-12-28)19-25(4)32-20-26(5)34(22-32)23-33-21-27(7-2)14-13-24(33)3;1-8-6-4-2-3-5-7-8;1-2/h8-9,11,15-18,22-23,27,31H,4-7,10,12-14,19-21H2,1-3H3;8H,2-7H2,1H3;1-2H3/b34-23-;;/t27-,31-;;/m0../s1. The predicted octanol–water partition coefficient (Wildman–Crippen LogP) is 14.2. The molecule has 1 fully saturated rings. The second-order valence-electron chi connectivity index (χ2n) is 13.7. The molecular formula is C44H64. The van der Waals surface area contributed by atoms with Gasteiger partial charge in [0.1, 0.15) is 0 Å². The minimum atomic E-state index is 0.526. The molecule has 0 aliphatic heterocycles. The predicted molar refractivity (Wildman–Crippen MR) is 198 cm³/mol. The van der Waals surface area contributed by atoms with Crippen molar-refractivity contribution in [3.8, 4) is 0 Å². The van der Waals surface area contributed by atoms with Crippen molar-refractivity contribution in [3.05, 3.63) is 112 Å². The topological polar surface area (TPSA) is 0 Å². The summed E-state index contributed by atoms with van der Waals surface area (Å²) in [6.45, 7) is 22.3. The molecule has 4 aliphatic carbocycles. The normalized spacial score (nSPS) is 22.0. The summed E-state index contributed by atoms with van der Waals surface area (Å²) in [5.41, 5.74) is 12.6. The summed E-state index contributed by atoms with van der Waals surface area (Å²) < 4.78 is 0. The van der Waals surface area contributed by atoms with Gasteiger partial charge in [-0.15, -0.1) is 0 Å². The van der Waals surface area contributed by atoms with Gasteiger partial charge in [0.25, 0.3) is 0 Å². The zero-order valence-corrected chi connectivity index (χ0v) is 29.4. The van der Waals surface area contributed by atoms with Gasteiger partial charge in [-0.2, -0.15) is 0 Å². The summed E-state index contributed by atoms with van der Waals surface area (Å²) >= 11 is 0. The van der Waals surface area contributed by atoms with E-state index in [1.165, 1.54) is 116 Å². The first-order chi connectivity index (χ1) is 21.4. The molecule has 1 saturated carbocycles. The van der Waals surface area contributed by atoms with Gasteiger partial charge in [-0.25, -0.2) is 0 Å². The molecule has 0 N–H and O–H groups in total. The molecule has 0 bridgehead atoms. The minimum Gasteiger partial charge on any atom is -0.0955 e. The number of rotatable bonds is 9. The van der Waals surface area contributed by atoms with Gasteiger partial charge >= 0.3 is 0 Å². The fourth-order valence-corrected chi connectivity index (χ4v) is 7.21. The summed E-state index contributed by atoms with van der Waals surface area (Å²) in [6, 6.07) is 9.30. The van der Waals surface area contributed by atoms with Crippen molar-refractivity contribution < 1.29 is 0 Å². The smallest absolute Gasteiger partial charge is 0.00230 e. The largest absolute Gasteiger partial charge is 0.0955 e. The van der Waals surface area contributed by atoms with E-state index in [0.717, 1.165) is 31.1 Å². The van der Waals surface area contributed by atoms with Gasteiger partial charge in [0.15, 0.2) is 0 Å². The lowest BCUT2D eigenvalue weighted by molar-refractivity contribution is 0.446. The highest BCUT2D eigenvalue weighted by atomic mass is 14.3. The molecule has 240 valence electrons. The molecule has 5 rings (SSSR count). The monoisotopic (exact) mass is 593 g/mol. The van der Waals surface area contributed by atoms with Gasteiger partial charge in [0.2, 0.25) is 0 Å². The van der Waals surface area contributed by atoms with Gasteiger partial charge < -0.3 is 0 Å². The van der Waals surface area contributed by atoms with Crippen molar-refractivity contribution in [1.29, 1.82) is 0 Å². The van der Waals surface area contributed by atoms with E-state index in [1.54, 1.807) is 11.1 Å². The zero-order chi connectivity index (χ0) is 31.9. The van der Waals surface area contributed by atoms with Crippen LogP contribution >= 0.6 is 0 Å². The Labute approximate surface area is 272 Å². The highest BCUT2D eigenvalue weighted by molar-refractivity contribution is 5.71. The van der Waals surface area contributed by atoms with Crippen molar-refractivity contribution in [2.75, 3.05) is 0 Å². The average Bonchev–Trinajstić information content (AvgIpc) is 3.65. The third kappa shape index (κ3) is 10.8. The molecule has 0 nitrogen and oxygen atoms in total. The van der Waals surface area contributed by atoms with Crippen LogP contribution in [-0.2, 0) is 0 Å². The van der Waals surface area contributed by atoms with E-state index in [0.29, 0.717) is 5.92 Å². The fraction of sp³-hybridized carbons (Fsp3) is 0.545. The molecule has 0 aromatic heterocycles. The quantitative estimate of drug-likeness (QED) is 0.250. The Balaban J connectivity index is 0.000000454. The molecule has 0 heteroatoms. The van der Waals surface area contributed by atoms with Crippen LogP contribution in [0.25, 0.3) is 5.57 Å². The Hall–Kier alpha value is -2.60. The van der Waals surface area contributed by atoms with Crippen molar-refractivity contribution in [1.82, 2.24) is 0 Å². The molecule has 0 saturated heterocycles. The third-order valence-electron chi connectivity index (χ3n) is 10.3. The maximum absolute atomic E-state index is 4.55. The summed E-state index contributed by atoms with van der Waals surface area (Å²) in [7, 11) is 0. The van der Waals surface area contributed by atoms with Crippen molar-refractivity contribution in [2.24, 2.45) is 11.8 Å². The van der Waals surface area contributed by atoms with E-state index in [4.69, 9.17) is 0 Å². The molecule has 44 heavy (non-hydrogen) atoms. The SMILES string of the molecule is C=C(C[C@H](CCC)c1ccc(C2=CC=CC2)cc1)C1=C/C(=C/C2=C(C)CC[C@H](CC)C2)C(=C)C1.CC.CC1CCCCCC1. The maximum Gasteiger partial charge on any atom is -0.00230 e. The van der Waals surface area contributed by atoms with Gasteiger partial charge in [-0.3, -0.25) is 0 Å². The molecule has 0 unspecified atom stereocenters. The molecule has 0 amide bonds. The molecule has 1 aromatic carbocycles. The summed E-state index contributed by atoms with van der Waals surface area (Å²) in [6.07, 6.45) is 30.9. The van der Waals surface area contributed by atoms with E-state index in [2.05, 4.69) is 95.5 Å². The number of hydrogen-bond acceptors (Lipinski definition) is 0. The summed E-state index contributed by atoms with van der Waals surface area (Å²) in [5.74, 6) is 2.39. The van der Waals surface area contributed by atoms with Gasteiger partial charge in [-0.05, 0) is 109 Å². The van der Waals surface area contributed by atoms with Crippen molar-refractivity contribution >= 4 is 5.57 Å². The van der Waals surface area contributed by atoms with Crippen LogP contribution in [0.5, 0.6) is 0 Å². The van der Waals surface area contributed by atoms with Crippen LogP contribution in [0.15, 0.2) is 101 Å². The van der Waals surface area contributed by atoms with Crippen LogP contribution in [0.4, 0.5) is 0 Å². The van der Waals surface area contributed by atoms with E-state index >= 15 is 0 Å². The molecule has 2 atom stereocenters. The van der Waals surface area contributed by atoms with Gasteiger partial charge in [0.05, 0.1) is 0 Å². The Kier molecular flexibility index (Phi) is 15.5. The highest BCUT2D eigenvalue weighted by Gasteiger charge is 2.22. The molecule has 0 spiro atoms. The molecular weight excluding hydrogens is 528 g/mol. The Bertz CT molecular complexity index is 1210. The minimum absolute atomic E-state index is 0.526. The van der Waals surface area contributed by atoms with Crippen LogP contribution in [0, 0.1) is 11.8 Å². The maximum atomic E-state index is 4.55. The lowest BCUT2D eigenvalue weighted by Gasteiger charge is -2.23. The zero-order valence-electron chi connectivity index (χ0n) is 29.4. The molecule has 1 aromatic rings. The van der Waals surface area contributed by atoms with Crippen LogP contribution in [0.3, 0.4) is 0 Å². The summed E-state index contributed by atoms with van der Waals surface area (Å²) in [4.78, 5) is 0. The number of hydrogen-bond donors (Lipinski definition) is 0. The number of allylic oxidation sites excluding steroid dienone is 12. The van der Waals surface area contributed by atoms with Crippen molar-refractivity contribution in [2.45, 2.75) is 144 Å². The first-order valence-corrected chi connectivity index (χ1v) is 18.3. The second kappa shape index (κ2) is 19.0. The fourth-order valence-electron chi connectivity index (χ4n) is 7.21. The van der Waals surface area contributed by atoms with Gasteiger partial charge in [-0.1, -0.05) is 165 Å². The second-order valence-corrected chi connectivity index (χ2v) is 13.7. The number of benzene rings is 1. The first-order valence-electron chi connectivity index (χ1n) is 18.3. The molecule has 0 radical (unpaired) electrons. The van der Waals surface area contributed by atoms with Crippen LogP contribution < -0.4 is 0 Å². The molecule has 0 heterocycles. The molecule has 4 aliphatic rings. The Morgan fingerprint density at radius 3 is 2.32 bits per heavy atom.